The summed E-state index contributed by atoms with van der Waals surface area (Å²) in [6.07, 6.45) is -1.34. The van der Waals surface area contributed by atoms with Gasteiger partial charge in [-0.05, 0) is 51.1 Å². The molecule has 9 nitrogen and oxygen atoms in total. The summed E-state index contributed by atoms with van der Waals surface area (Å²) in [6, 6.07) is 8.89. The van der Waals surface area contributed by atoms with Crippen LogP contribution in [0.1, 0.15) is 35.5 Å². The standard InChI is InChI=1S/C31H37F3N6O3/c1-20-22(3)39(8-7-35-20)11-14-43-30-28(40-9-12-42-13-10-40)16-24(18-37-30)27-17-26(19-36-21(27)2)38-29(41)23-5-4-6-25(15-23)31(32,33)34/h4-6,15-20,22,35H,7-14H2,1-3H3,(H,38,41). The van der Waals surface area contributed by atoms with Crippen molar-refractivity contribution in [3.8, 4) is 17.0 Å². The zero-order valence-corrected chi connectivity index (χ0v) is 24.6. The number of halogens is 3. The number of nitrogens with zero attached hydrogens (tertiary/aromatic N) is 4. The SMILES string of the molecule is Cc1ncc(NC(=O)c2cccc(C(F)(F)F)c2)cc1-c1cnc(OCCN2CCNC(C)C2C)c(N2CCOCC2)c1. The summed E-state index contributed by atoms with van der Waals surface area (Å²) in [5, 5.41) is 6.18. The summed E-state index contributed by atoms with van der Waals surface area (Å²) in [4.78, 5) is 26.6. The Morgan fingerprint density at radius 1 is 1.12 bits per heavy atom. The van der Waals surface area contributed by atoms with E-state index in [2.05, 4.69) is 39.3 Å². The van der Waals surface area contributed by atoms with Crippen molar-refractivity contribution in [1.29, 1.82) is 0 Å². The molecule has 0 spiro atoms. The van der Waals surface area contributed by atoms with Crippen LogP contribution < -0.4 is 20.3 Å². The first-order valence-electron chi connectivity index (χ1n) is 14.5. The van der Waals surface area contributed by atoms with Crippen LogP contribution in [-0.2, 0) is 10.9 Å². The lowest BCUT2D eigenvalue weighted by molar-refractivity contribution is -0.137. The highest BCUT2D eigenvalue weighted by molar-refractivity contribution is 6.04. The third-order valence-corrected chi connectivity index (χ3v) is 8.07. The van der Waals surface area contributed by atoms with Crippen LogP contribution in [0.2, 0.25) is 0 Å². The van der Waals surface area contributed by atoms with Crippen molar-refractivity contribution in [2.45, 2.75) is 39.0 Å². The largest absolute Gasteiger partial charge is 0.475 e. The van der Waals surface area contributed by atoms with Gasteiger partial charge in [-0.3, -0.25) is 14.7 Å². The second-order valence-electron chi connectivity index (χ2n) is 10.9. The quantitative estimate of drug-likeness (QED) is 0.388. The summed E-state index contributed by atoms with van der Waals surface area (Å²) >= 11 is 0. The second-order valence-corrected chi connectivity index (χ2v) is 10.9. The third-order valence-electron chi connectivity index (χ3n) is 8.07. The molecule has 2 aliphatic heterocycles. The number of aromatic nitrogens is 2. The Bertz CT molecular complexity index is 1430. The Labute approximate surface area is 249 Å². The predicted molar refractivity (Wildman–Crippen MR) is 159 cm³/mol. The van der Waals surface area contributed by atoms with Gasteiger partial charge in [0.1, 0.15) is 12.3 Å². The van der Waals surface area contributed by atoms with E-state index < -0.39 is 17.6 Å². The van der Waals surface area contributed by atoms with Gasteiger partial charge in [0.25, 0.3) is 5.91 Å². The maximum absolute atomic E-state index is 13.2. The molecule has 2 unspecified atom stereocenters. The lowest BCUT2D eigenvalue weighted by atomic mass is 10.0. The average molecular weight is 599 g/mol. The lowest BCUT2D eigenvalue weighted by Gasteiger charge is -2.38. The summed E-state index contributed by atoms with van der Waals surface area (Å²) in [6.45, 7) is 12.0. The van der Waals surface area contributed by atoms with Crippen LogP contribution in [0.25, 0.3) is 11.1 Å². The number of benzene rings is 1. The van der Waals surface area contributed by atoms with Gasteiger partial charge >= 0.3 is 6.18 Å². The van der Waals surface area contributed by atoms with Gasteiger partial charge in [0.05, 0.1) is 30.7 Å². The third kappa shape index (κ3) is 7.43. The minimum absolute atomic E-state index is 0.0978. The van der Waals surface area contributed by atoms with E-state index in [1.165, 1.54) is 18.3 Å². The highest BCUT2D eigenvalue weighted by atomic mass is 19.4. The Kier molecular flexibility index (Phi) is 9.48. The van der Waals surface area contributed by atoms with Crippen LogP contribution in [0.4, 0.5) is 24.5 Å². The highest BCUT2D eigenvalue weighted by Gasteiger charge is 2.31. The summed E-state index contributed by atoms with van der Waals surface area (Å²) in [7, 11) is 0. The predicted octanol–water partition coefficient (Wildman–Crippen LogP) is 4.62. The molecule has 43 heavy (non-hydrogen) atoms. The van der Waals surface area contributed by atoms with E-state index in [1.54, 1.807) is 12.3 Å². The maximum Gasteiger partial charge on any atom is 0.416 e. The molecule has 5 rings (SSSR count). The topological polar surface area (TPSA) is 91.8 Å². The summed E-state index contributed by atoms with van der Waals surface area (Å²) in [5.74, 6) is -0.118. The Balaban J connectivity index is 1.36. The van der Waals surface area contributed by atoms with E-state index in [0.29, 0.717) is 62.3 Å². The van der Waals surface area contributed by atoms with Gasteiger partial charge in [0.15, 0.2) is 0 Å². The fourth-order valence-corrected chi connectivity index (χ4v) is 5.36. The number of pyridine rings is 2. The maximum atomic E-state index is 13.2. The van der Waals surface area contributed by atoms with E-state index in [1.807, 2.05) is 13.0 Å². The molecule has 4 heterocycles. The number of carbonyl (C=O) groups is 1. The summed E-state index contributed by atoms with van der Waals surface area (Å²) in [5.41, 5.74) is 2.44. The number of aryl methyl sites for hydroxylation is 1. The van der Waals surface area contributed by atoms with Crippen molar-refractivity contribution in [1.82, 2.24) is 20.2 Å². The minimum atomic E-state index is -4.54. The van der Waals surface area contributed by atoms with E-state index >= 15 is 0 Å². The van der Waals surface area contributed by atoms with Gasteiger partial charge in [-0.25, -0.2) is 4.98 Å². The van der Waals surface area contributed by atoms with Crippen LogP contribution in [0.3, 0.4) is 0 Å². The molecule has 2 aliphatic rings. The first kappa shape index (κ1) is 30.7. The summed E-state index contributed by atoms with van der Waals surface area (Å²) < 4.78 is 51.3. The zero-order chi connectivity index (χ0) is 30.6. The molecular formula is C31H37F3N6O3. The number of anilines is 2. The number of alkyl halides is 3. The molecular weight excluding hydrogens is 561 g/mol. The Hall–Kier alpha value is -3.74. The van der Waals surface area contributed by atoms with Gasteiger partial charge in [-0.2, -0.15) is 13.2 Å². The number of piperazine rings is 1. The number of rotatable bonds is 8. The van der Waals surface area contributed by atoms with E-state index in [0.717, 1.165) is 48.6 Å². The van der Waals surface area contributed by atoms with Gasteiger partial charge in [-0.1, -0.05) is 6.07 Å². The molecule has 2 saturated heterocycles. The van der Waals surface area contributed by atoms with Crippen molar-refractivity contribution < 1.29 is 27.4 Å². The number of amides is 1. The fourth-order valence-electron chi connectivity index (χ4n) is 5.36. The molecule has 2 N–H and O–H groups in total. The van der Waals surface area contributed by atoms with E-state index in [-0.39, 0.29) is 5.56 Å². The van der Waals surface area contributed by atoms with Crippen molar-refractivity contribution >= 4 is 17.3 Å². The van der Waals surface area contributed by atoms with Crippen molar-refractivity contribution in [3.05, 3.63) is 65.6 Å². The molecule has 3 aromatic rings. The molecule has 1 aromatic carbocycles. The second kappa shape index (κ2) is 13.3. The van der Waals surface area contributed by atoms with Crippen LogP contribution in [0.5, 0.6) is 5.88 Å². The monoisotopic (exact) mass is 598 g/mol. The highest BCUT2D eigenvalue weighted by Crippen LogP contribution is 2.34. The van der Waals surface area contributed by atoms with Crippen LogP contribution in [0, 0.1) is 6.92 Å². The molecule has 2 aromatic heterocycles. The zero-order valence-electron chi connectivity index (χ0n) is 24.6. The van der Waals surface area contributed by atoms with Gasteiger partial charge < -0.3 is 25.0 Å². The number of hydrogen-bond donors (Lipinski definition) is 2. The van der Waals surface area contributed by atoms with Crippen molar-refractivity contribution in [2.24, 2.45) is 0 Å². The van der Waals surface area contributed by atoms with Crippen LogP contribution in [-0.4, -0.2) is 85.4 Å². The lowest BCUT2D eigenvalue weighted by Crippen LogP contribution is -2.56. The van der Waals surface area contributed by atoms with Crippen LogP contribution in [0.15, 0.2) is 48.8 Å². The number of morpholine rings is 1. The molecule has 1 amide bonds. The molecule has 0 radical (unpaired) electrons. The van der Waals surface area contributed by atoms with E-state index in [4.69, 9.17) is 14.5 Å². The minimum Gasteiger partial charge on any atom is -0.475 e. The van der Waals surface area contributed by atoms with Crippen molar-refractivity contribution in [2.75, 3.05) is 62.8 Å². The molecule has 0 bridgehead atoms. The van der Waals surface area contributed by atoms with Gasteiger partial charge in [0.2, 0.25) is 5.88 Å². The van der Waals surface area contributed by atoms with Crippen molar-refractivity contribution in [3.63, 3.8) is 0 Å². The number of carbonyl (C=O) groups excluding carboxylic acids is 1. The Morgan fingerprint density at radius 3 is 2.67 bits per heavy atom. The first-order chi connectivity index (χ1) is 20.6. The smallest absolute Gasteiger partial charge is 0.416 e. The average Bonchev–Trinajstić information content (AvgIpc) is 3.00. The first-order valence-corrected chi connectivity index (χ1v) is 14.5. The normalized spacial score (nSPS) is 19.7. The molecule has 0 aliphatic carbocycles. The molecule has 0 saturated carbocycles. The number of hydrogen-bond acceptors (Lipinski definition) is 8. The molecule has 2 atom stereocenters. The number of ether oxygens (including phenoxy) is 2. The van der Waals surface area contributed by atoms with Gasteiger partial charge in [-0.15, -0.1) is 0 Å². The fraction of sp³-hybridized carbons (Fsp3) is 0.452. The molecule has 12 heteroatoms. The van der Waals surface area contributed by atoms with E-state index in [9.17, 15) is 18.0 Å². The number of nitrogens with one attached hydrogen (secondary N) is 2. The molecule has 2 fully saturated rings. The Morgan fingerprint density at radius 2 is 1.91 bits per heavy atom. The van der Waals surface area contributed by atoms with Gasteiger partial charge in [0, 0.05) is 73.4 Å². The molecule has 230 valence electrons. The van der Waals surface area contributed by atoms with Crippen LogP contribution >= 0.6 is 0 Å².